The molecule has 0 aliphatic rings. The molecule has 6 heteroatoms. The lowest BCUT2D eigenvalue weighted by molar-refractivity contribution is -0.0883. The van der Waals surface area contributed by atoms with Crippen molar-refractivity contribution in [2.24, 2.45) is 16.2 Å². The van der Waals surface area contributed by atoms with E-state index in [1.54, 1.807) is 0 Å². The van der Waals surface area contributed by atoms with Gasteiger partial charge in [-0.05, 0) is 16.2 Å². The third-order valence-corrected chi connectivity index (χ3v) is 3.54. The van der Waals surface area contributed by atoms with E-state index in [1.165, 1.54) is 0 Å². The highest BCUT2D eigenvalue weighted by Crippen LogP contribution is 2.14. The predicted octanol–water partition coefficient (Wildman–Crippen LogP) is 4.59. The van der Waals surface area contributed by atoms with Crippen LogP contribution in [0.2, 0.25) is 0 Å². The normalized spacial score (nSPS) is 13.4. The molecule has 182 valence electrons. The third-order valence-electron chi connectivity index (χ3n) is 3.54. The second kappa shape index (κ2) is 15.5. The molecule has 0 N–H and O–H groups in total. The van der Waals surface area contributed by atoms with Gasteiger partial charge in [-0.3, -0.25) is 0 Å². The van der Waals surface area contributed by atoms with Gasteiger partial charge >= 0.3 is 0 Å². The van der Waals surface area contributed by atoms with Crippen LogP contribution in [0.4, 0.5) is 0 Å². The van der Waals surface area contributed by atoms with Gasteiger partial charge in [-0.25, -0.2) is 0 Å². The molecule has 0 aromatic rings. The summed E-state index contributed by atoms with van der Waals surface area (Å²) in [4.78, 5) is 0. The first-order valence-corrected chi connectivity index (χ1v) is 11.3. The molecule has 0 aliphatic carbocycles. The van der Waals surface area contributed by atoms with Crippen molar-refractivity contribution in [2.75, 3.05) is 72.7 Å². The van der Waals surface area contributed by atoms with Gasteiger partial charge in [0, 0.05) is 0 Å². The van der Waals surface area contributed by atoms with Gasteiger partial charge in [-0.15, -0.1) is 0 Å². The first-order chi connectivity index (χ1) is 13.8. The summed E-state index contributed by atoms with van der Waals surface area (Å²) < 4.78 is 34.4. The highest BCUT2D eigenvalue weighted by molar-refractivity contribution is 4.61. The Morgan fingerprint density at radius 1 is 0.433 bits per heavy atom. The van der Waals surface area contributed by atoms with Crippen molar-refractivity contribution in [2.45, 2.75) is 68.4 Å². The Bertz CT molecular complexity index is 366. The number of ether oxygens (including phenoxy) is 6. The van der Waals surface area contributed by atoms with Crippen LogP contribution in [0.15, 0.2) is 0 Å². The summed E-state index contributed by atoms with van der Waals surface area (Å²) >= 11 is 0. The molecule has 30 heavy (non-hydrogen) atoms. The Labute approximate surface area is 186 Å². The lowest BCUT2D eigenvalue weighted by atomic mass is 9.99. The van der Waals surface area contributed by atoms with E-state index >= 15 is 0 Å². The van der Waals surface area contributed by atoms with Crippen molar-refractivity contribution in [1.82, 2.24) is 0 Å². The van der Waals surface area contributed by atoms with Crippen LogP contribution in [-0.4, -0.2) is 78.8 Å². The SMILES string of the molecule is CC(C)(C)COCCOCC(COCCOCC(C)(C)C)OCCOCC(C)(C)C. The zero-order valence-corrected chi connectivity index (χ0v) is 21.3. The maximum absolute atomic E-state index is 5.92. The minimum absolute atomic E-state index is 0.131. The molecule has 0 aliphatic heterocycles. The summed E-state index contributed by atoms with van der Waals surface area (Å²) in [5.74, 6) is 0. The van der Waals surface area contributed by atoms with Crippen LogP contribution in [0.1, 0.15) is 62.3 Å². The maximum Gasteiger partial charge on any atom is 0.104 e. The van der Waals surface area contributed by atoms with Crippen molar-refractivity contribution in [3.05, 3.63) is 0 Å². The van der Waals surface area contributed by atoms with Crippen molar-refractivity contribution in [1.29, 1.82) is 0 Å². The molecule has 0 heterocycles. The molecule has 0 rings (SSSR count). The van der Waals surface area contributed by atoms with Gasteiger partial charge in [0.15, 0.2) is 0 Å². The van der Waals surface area contributed by atoms with Crippen LogP contribution in [0.5, 0.6) is 0 Å². The molecule has 6 nitrogen and oxygen atoms in total. The minimum Gasteiger partial charge on any atom is -0.379 e. The second-order valence-corrected chi connectivity index (χ2v) is 11.5. The van der Waals surface area contributed by atoms with Gasteiger partial charge in [-0.1, -0.05) is 62.3 Å². The van der Waals surface area contributed by atoms with Gasteiger partial charge in [-0.2, -0.15) is 0 Å². The summed E-state index contributed by atoms with van der Waals surface area (Å²) in [6.07, 6.45) is -0.131. The first-order valence-electron chi connectivity index (χ1n) is 11.3. The fourth-order valence-corrected chi connectivity index (χ4v) is 2.22. The Balaban J connectivity index is 4.06. The Kier molecular flexibility index (Phi) is 15.4. The molecule has 0 fully saturated rings. The molecule has 0 amide bonds. The van der Waals surface area contributed by atoms with Gasteiger partial charge in [0.05, 0.1) is 72.7 Å². The lowest BCUT2D eigenvalue weighted by Gasteiger charge is -2.21. The third kappa shape index (κ3) is 24.0. The molecular formula is C24H50O6. The average Bonchev–Trinajstić information content (AvgIpc) is 2.56. The van der Waals surface area contributed by atoms with E-state index in [2.05, 4.69) is 62.3 Å². The summed E-state index contributed by atoms with van der Waals surface area (Å²) in [7, 11) is 0. The fourth-order valence-electron chi connectivity index (χ4n) is 2.22. The average molecular weight is 435 g/mol. The van der Waals surface area contributed by atoms with Crippen LogP contribution in [-0.2, 0) is 28.4 Å². The standard InChI is InChI=1S/C24H50O6/c1-22(2,3)18-27-12-10-25-16-21(30-15-14-29-20-24(7,8)9)17-26-11-13-28-19-23(4,5)6/h21H,10-20H2,1-9H3. The van der Waals surface area contributed by atoms with E-state index in [0.29, 0.717) is 59.5 Å². The molecule has 0 atom stereocenters. The van der Waals surface area contributed by atoms with Gasteiger partial charge in [0.1, 0.15) is 6.10 Å². The first kappa shape index (κ1) is 29.8. The molecule has 0 aromatic carbocycles. The molecule has 0 bridgehead atoms. The van der Waals surface area contributed by atoms with E-state index in [9.17, 15) is 0 Å². The van der Waals surface area contributed by atoms with E-state index in [0.717, 1.165) is 13.2 Å². The summed E-state index contributed by atoms with van der Waals surface area (Å²) in [5.41, 5.74) is 0.495. The predicted molar refractivity (Wildman–Crippen MR) is 122 cm³/mol. The zero-order valence-electron chi connectivity index (χ0n) is 21.3. The highest BCUT2D eigenvalue weighted by atomic mass is 16.6. The molecule has 0 saturated carbocycles. The smallest absolute Gasteiger partial charge is 0.104 e. The quantitative estimate of drug-likeness (QED) is 0.312. The number of rotatable bonds is 17. The number of hydrogen-bond donors (Lipinski definition) is 0. The van der Waals surface area contributed by atoms with E-state index in [4.69, 9.17) is 28.4 Å². The van der Waals surface area contributed by atoms with E-state index in [-0.39, 0.29) is 22.3 Å². The van der Waals surface area contributed by atoms with Gasteiger partial charge < -0.3 is 28.4 Å². The van der Waals surface area contributed by atoms with Crippen molar-refractivity contribution >= 4 is 0 Å². The molecule has 0 saturated heterocycles. The van der Waals surface area contributed by atoms with Crippen LogP contribution >= 0.6 is 0 Å². The zero-order chi connectivity index (χ0) is 23.1. The second-order valence-electron chi connectivity index (χ2n) is 11.5. The molecular weight excluding hydrogens is 384 g/mol. The number of hydrogen-bond acceptors (Lipinski definition) is 6. The maximum atomic E-state index is 5.92. The van der Waals surface area contributed by atoms with E-state index in [1.807, 2.05) is 0 Å². The molecule has 0 radical (unpaired) electrons. The lowest BCUT2D eigenvalue weighted by Crippen LogP contribution is -2.29. The highest BCUT2D eigenvalue weighted by Gasteiger charge is 2.14. The fraction of sp³-hybridized carbons (Fsp3) is 1.00. The monoisotopic (exact) mass is 434 g/mol. The minimum atomic E-state index is -0.131. The Morgan fingerprint density at radius 3 is 1.07 bits per heavy atom. The van der Waals surface area contributed by atoms with Crippen molar-refractivity contribution < 1.29 is 28.4 Å². The van der Waals surface area contributed by atoms with E-state index < -0.39 is 0 Å². The van der Waals surface area contributed by atoms with Gasteiger partial charge in [0.25, 0.3) is 0 Å². The Morgan fingerprint density at radius 2 is 0.733 bits per heavy atom. The van der Waals surface area contributed by atoms with Crippen LogP contribution < -0.4 is 0 Å². The van der Waals surface area contributed by atoms with Crippen molar-refractivity contribution in [3.63, 3.8) is 0 Å². The summed E-state index contributed by atoms with van der Waals surface area (Å²) in [6, 6.07) is 0. The topological polar surface area (TPSA) is 55.4 Å². The van der Waals surface area contributed by atoms with Crippen molar-refractivity contribution in [3.8, 4) is 0 Å². The Hall–Kier alpha value is -0.240. The molecule has 0 aromatic heterocycles. The van der Waals surface area contributed by atoms with Gasteiger partial charge in [0.2, 0.25) is 0 Å². The summed E-state index contributed by atoms with van der Waals surface area (Å²) in [5, 5.41) is 0. The van der Waals surface area contributed by atoms with Crippen LogP contribution in [0, 0.1) is 16.2 Å². The molecule has 0 spiro atoms. The largest absolute Gasteiger partial charge is 0.379 e. The van der Waals surface area contributed by atoms with Crippen LogP contribution in [0.3, 0.4) is 0 Å². The molecule has 0 unspecified atom stereocenters. The van der Waals surface area contributed by atoms with Crippen LogP contribution in [0.25, 0.3) is 0 Å². The summed E-state index contributed by atoms with van der Waals surface area (Å²) in [6.45, 7) is 25.8.